The van der Waals surface area contributed by atoms with Crippen LogP contribution in [0.1, 0.15) is 47.0 Å². The summed E-state index contributed by atoms with van der Waals surface area (Å²) in [6.07, 6.45) is 0.824. The zero-order valence-corrected chi connectivity index (χ0v) is 12.5. The first-order valence-electron chi connectivity index (χ1n) is 7.39. The molecule has 0 aromatic carbocycles. The Hall–Kier alpha value is -1.00. The van der Waals surface area contributed by atoms with E-state index in [0.29, 0.717) is 12.0 Å². The van der Waals surface area contributed by atoms with Crippen LogP contribution in [0.15, 0.2) is 11.1 Å². The summed E-state index contributed by atoms with van der Waals surface area (Å²) in [5, 5.41) is 10.3. The smallest absolute Gasteiger partial charge is 0.190 e. The summed E-state index contributed by atoms with van der Waals surface area (Å²) < 4.78 is 5.82. The molecule has 0 aromatic heterocycles. The highest BCUT2D eigenvalue weighted by Crippen LogP contribution is 2.60. The molecule has 0 heterocycles. The van der Waals surface area contributed by atoms with E-state index in [-0.39, 0.29) is 23.6 Å². The van der Waals surface area contributed by atoms with Gasteiger partial charge in [-0.05, 0) is 47.0 Å². The van der Waals surface area contributed by atoms with E-state index < -0.39 is 17.1 Å². The second kappa shape index (κ2) is 4.01. The number of ketones is 2. The van der Waals surface area contributed by atoms with E-state index in [4.69, 9.17) is 4.74 Å². The minimum absolute atomic E-state index is 0.0356. The van der Waals surface area contributed by atoms with E-state index in [1.807, 2.05) is 20.8 Å². The molecule has 0 saturated heterocycles. The van der Waals surface area contributed by atoms with Crippen molar-refractivity contribution >= 4 is 11.6 Å². The zero-order chi connectivity index (χ0) is 14.9. The van der Waals surface area contributed by atoms with Gasteiger partial charge in [-0.3, -0.25) is 9.59 Å². The molecular formula is C16H22O4. The topological polar surface area (TPSA) is 63.6 Å². The average molecular weight is 278 g/mol. The van der Waals surface area contributed by atoms with Gasteiger partial charge in [-0.1, -0.05) is 5.57 Å². The number of hydrogen-bond donors (Lipinski definition) is 1. The Labute approximate surface area is 119 Å². The standard InChI is InChI=1S/C16H22O4/c1-8(2)20-15(4)7-10-11(13(15)18)9(3)16(5-6-16)14(19)12(10)17/h8,10,12,17H,5-7H2,1-4H3/t10-,12-,15-/m0/s1. The quantitative estimate of drug-likeness (QED) is 0.836. The van der Waals surface area contributed by atoms with Crippen LogP contribution >= 0.6 is 0 Å². The Morgan fingerprint density at radius 1 is 1.30 bits per heavy atom. The molecule has 2 fully saturated rings. The lowest BCUT2D eigenvalue weighted by Crippen LogP contribution is -2.41. The lowest BCUT2D eigenvalue weighted by molar-refractivity contribution is -0.141. The molecule has 3 atom stereocenters. The fourth-order valence-electron chi connectivity index (χ4n) is 4.06. The number of ether oxygens (including phenoxy) is 1. The zero-order valence-electron chi connectivity index (χ0n) is 12.5. The summed E-state index contributed by atoms with van der Waals surface area (Å²) >= 11 is 0. The molecule has 0 radical (unpaired) electrons. The highest BCUT2D eigenvalue weighted by molar-refractivity contribution is 6.10. The first-order valence-corrected chi connectivity index (χ1v) is 7.39. The third-order valence-corrected chi connectivity index (χ3v) is 5.19. The first-order chi connectivity index (χ1) is 9.23. The van der Waals surface area contributed by atoms with E-state index >= 15 is 0 Å². The number of rotatable bonds is 2. The molecule has 20 heavy (non-hydrogen) atoms. The number of carbonyl (C=O) groups is 2. The van der Waals surface area contributed by atoms with E-state index in [1.54, 1.807) is 6.92 Å². The molecule has 3 aliphatic carbocycles. The van der Waals surface area contributed by atoms with Gasteiger partial charge in [0.2, 0.25) is 0 Å². The minimum atomic E-state index is -1.04. The second-order valence-corrected chi connectivity index (χ2v) is 6.97. The van der Waals surface area contributed by atoms with Crippen LogP contribution in [0.4, 0.5) is 0 Å². The molecule has 0 amide bonds. The number of allylic oxidation sites excluding steroid dienone is 1. The summed E-state index contributed by atoms with van der Waals surface area (Å²) in [5.41, 5.74) is 0.109. The lowest BCUT2D eigenvalue weighted by atomic mass is 9.73. The Bertz CT molecular complexity index is 527. The predicted octanol–water partition coefficient (Wildman–Crippen LogP) is 1.80. The van der Waals surface area contributed by atoms with Crippen LogP contribution in [0.2, 0.25) is 0 Å². The fraction of sp³-hybridized carbons (Fsp3) is 0.750. The maximum atomic E-state index is 12.8. The van der Waals surface area contributed by atoms with Crippen molar-refractivity contribution < 1.29 is 19.4 Å². The van der Waals surface area contributed by atoms with Gasteiger partial charge >= 0.3 is 0 Å². The SMILES string of the molecule is CC1=C2C(=O)[C@@](C)(OC(C)C)C[C@@H]2[C@H](O)C(=O)C12CC2. The van der Waals surface area contributed by atoms with Gasteiger partial charge in [-0.2, -0.15) is 0 Å². The Morgan fingerprint density at radius 3 is 2.40 bits per heavy atom. The van der Waals surface area contributed by atoms with Gasteiger partial charge in [0.1, 0.15) is 11.7 Å². The molecule has 0 bridgehead atoms. The van der Waals surface area contributed by atoms with Crippen LogP contribution in [0.5, 0.6) is 0 Å². The van der Waals surface area contributed by atoms with Crippen molar-refractivity contribution in [3.8, 4) is 0 Å². The number of aliphatic hydroxyl groups is 1. The number of carbonyl (C=O) groups excluding carboxylic acids is 2. The lowest BCUT2D eigenvalue weighted by Gasteiger charge is -2.31. The number of fused-ring (bicyclic) bond motifs is 1. The molecule has 2 saturated carbocycles. The van der Waals surface area contributed by atoms with E-state index in [2.05, 4.69) is 0 Å². The van der Waals surface area contributed by atoms with Crippen LogP contribution in [0.25, 0.3) is 0 Å². The van der Waals surface area contributed by atoms with Gasteiger partial charge in [0.25, 0.3) is 0 Å². The molecule has 4 heteroatoms. The number of Topliss-reactive ketones (excluding diaryl/α,β-unsaturated/α-hetero) is 2. The van der Waals surface area contributed by atoms with Crippen LogP contribution in [0, 0.1) is 11.3 Å². The number of hydrogen-bond acceptors (Lipinski definition) is 4. The van der Waals surface area contributed by atoms with Crippen LogP contribution in [-0.4, -0.2) is 34.5 Å². The fourth-order valence-corrected chi connectivity index (χ4v) is 4.06. The van der Waals surface area contributed by atoms with Crippen molar-refractivity contribution in [1.29, 1.82) is 0 Å². The third-order valence-electron chi connectivity index (χ3n) is 5.19. The van der Waals surface area contributed by atoms with Gasteiger partial charge in [0.15, 0.2) is 11.6 Å². The molecule has 3 aliphatic rings. The molecule has 1 N–H and O–H groups in total. The van der Waals surface area contributed by atoms with Gasteiger partial charge in [-0.25, -0.2) is 0 Å². The molecule has 0 aliphatic heterocycles. The highest BCUT2D eigenvalue weighted by atomic mass is 16.5. The summed E-state index contributed by atoms with van der Waals surface area (Å²) in [4.78, 5) is 25.1. The third kappa shape index (κ3) is 1.61. The molecule has 0 unspecified atom stereocenters. The van der Waals surface area contributed by atoms with Gasteiger partial charge in [-0.15, -0.1) is 0 Å². The maximum Gasteiger partial charge on any atom is 0.190 e. The first kappa shape index (κ1) is 14.0. The van der Waals surface area contributed by atoms with Gasteiger partial charge in [0.05, 0.1) is 11.5 Å². The van der Waals surface area contributed by atoms with Crippen LogP contribution in [0.3, 0.4) is 0 Å². The summed E-state index contributed by atoms with van der Waals surface area (Å²) in [6, 6.07) is 0. The predicted molar refractivity (Wildman–Crippen MR) is 73.1 cm³/mol. The van der Waals surface area contributed by atoms with Crippen molar-refractivity contribution in [3.63, 3.8) is 0 Å². The van der Waals surface area contributed by atoms with Crippen molar-refractivity contribution in [3.05, 3.63) is 11.1 Å². The molecule has 4 nitrogen and oxygen atoms in total. The van der Waals surface area contributed by atoms with Gasteiger partial charge < -0.3 is 9.84 Å². The summed E-state index contributed by atoms with van der Waals surface area (Å²) in [7, 11) is 0. The molecular weight excluding hydrogens is 256 g/mol. The Morgan fingerprint density at radius 2 is 1.90 bits per heavy atom. The monoisotopic (exact) mass is 278 g/mol. The van der Waals surface area contributed by atoms with Crippen molar-refractivity contribution in [2.24, 2.45) is 11.3 Å². The van der Waals surface area contributed by atoms with Crippen molar-refractivity contribution in [1.82, 2.24) is 0 Å². The van der Waals surface area contributed by atoms with Crippen molar-refractivity contribution in [2.45, 2.75) is 64.8 Å². The van der Waals surface area contributed by atoms with Crippen molar-refractivity contribution in [2.75, 3.05) is 0 Å². The normalized spacial score (nSPS) is 38.9. The maximum absolute atomic E-state index is 12.8. The minimum Gasteiger partial charge on any atom is -0.385 e. The second-order valence-electron chi connectivity index (χ2n) is 6.97. The van der Waals surface area contributed by atoms with E-state index in [0.717, 1.165) is 18.4 Å². The largest absolute Gasteiger partial charge is 0.385 e. The molecule has 1 spiro atoms. The van der Waals surface area contributed by atoms with Gasteiger partial charge in [0, 0.05) is 11.5 Å². The van der Waals surface area contributed by atoms with Crippen LogP contribution < -0.4 is 0 Å². The highest BCUT2D eigenvalue weighted by Gasteiger charge is 2.63. The molecule has 110 valence electrons. The number of aliphatic hydroxyl groups excluding tert-OH is 1. The molecule has 3 rings (SSSR count). The van der Waals surface area contributed by atoms with Crippen LogP contribution in [-0.2, 0) is 14.3 Å². The Kier molecular flexibility index (Phi) is 2.80. The van der Waals surface area contributed by atoms with E-state index in [9.17, 15) is 14.7 Å². The molecule has 0 aromatic rings. The van der Waals surface area contributed by atoms with E-state index in [1.165, 1.54) is 0 Å². The summed E-state index contributed by atoms with van der Waals surface area (Å²) in [5.74, 6) is -0.512. The average Bonchev–Trinajstić information content (AvgIpc) is 3.10. The summed E-state index contributed by atoms with van der Waals surface area (Å²) in [6.45, 7) is 7.46. The Balaban J connectivity index is 2.06.